The Balaban J connectivity index is 1.31. The molecule has 3 heteroatoms. The second-order valence-electron chi connectivity index (χ2n) is 7.40. The maximum Gasteiger partial charge on any atom is 0.220 e. The first-order valence-corrected chi connectivity index (χ1v) is 8.87. The highest BCUT2D eigenvalue weighted by Crippen LogP contribution is 2.49. The van der Waals surface area contributed by atoms with Gasteiger partial charge in [0.05, 0.1) is 0 Å². The van der Waals surface area contributed by atoms with Crippen LogP contribution in [0.15, 0.2) is 24.3 Å². The molecule has 0 spiro atoms. The van der Waals surface area contributed by atoms with Crippen molar-refractivity contribution in [2.75, 3.05) is 13.1 Å². The van der Waals surface area contributed by atoms with E-state index in [0.717, 1.165) is 37.8 Å². The van der Waals surface area contributed by atoms with E-state index >= 15 is 0 Å². The summed E-state index contributed by atoms with van der Waals surface area (Å²) < 4.78 is 0. The van der Waals surface area contributed by atoms with Crippen molar-refractivity contribution < 1.29 is 4.79 Å². The molecule has 4 atom stereocenters. The smallest absolute Gasteiger partial charge is 0.220 e. The van der Waals surface area contributed by atoms with E-state index in [0.29, 0.717) is 5.92 Å². The molecule has 118 valence electrons. The maximum atomic E-state index is 12.3. The maximum absolute atomic E-state index is 12.3. The van der Waals surface area contributed by atoms with Gasteiger partial charge in [0.1, 0.15) is 0 Å². The normalized spacial score (nSPS) is 32.7. The fourth-order valence-electron chi connectivity index (χ4n) is 4.93. The van der Waals surface area contributed by atoms with Gasteiger partial charge in [-0.25, -0.2) is 0 Å². The SMILES string of the molecule is O=C(CC1CC2CCC1C2)NCC1NCCc2ccccc21. The van der Waals surface area contributed by atoms with E-state index in [1.165, 1.54) is 36.8 Å². The average molecular weight is 298 g/mol. The van der Waals surface area contributed by atoms with Crippen LogP contribution in [0.25, 0.3) is 0 Å². The van der Waals surface area contributed by atoms with Gasteiger partial charge in [0.15, 0.2) is 0 Å². The van der Waals surface area contributed by atoms with E-state index in [9.17, 15) is 4.79 Å². The van der Waals surface area contributed by atoms with Gasteiger partial charge in [0.25, 0.3) is 0 Å². The highest BCUT2D eigenvalue weighted by Gasteiger charge is 2.40. The van der Waals surface area contributed by atoms with Crippen LogP contribution in [0.1, 0.15) is 49.3 Å². The minimum absolute atomic E-state index is 0.252. The van der Waals surface area contributed by atoms with Crippen molar-refractivity contribution in [1.82, 2.24) is 10.6 Å². The third-order valence-electron chi connectivity index (χ3n) is 6.05. The Bertz CT molecular complexity index is 556. The molecule has 0 radical (unpaired) electrons. The van der Waals surface area contributed by atoms with Crippen molar-refractivity contribution in [1.29, 1.82) is 0 Å². The van der Waals surface area contributed by atoms with Crippen molar-refractivity contribution >= 4 is 5.91 Å². The van der Waals surface area contributed by atoms with Crippen LogP contribution in [0.2, 0.25) is 0 Å². The van der Waals surface area contributed by atoms with Crippen LogP contribution in [0.5, 0.6) is 0 Å². The number of fused-ring (bicyclic) bond motifs is 3. The van der Waals surface area contributed by atoms with Gasteiger partial charge in [-0.05, 0) is 61.1 Å². The summed E-state index contributed by atoms with van der Waals surface area (Å²) in [5.41, 5.74) is 2.78. The van der Waals surface area contributed by atoms with Crippen LogP contribution >= 0.6 is 0 Å². The van der Waals surface area contributed by atoms with Crippen LogP contribution in [-0.2, 0) is 11.2 Å². The molecule has 1 aromatic carbocycles. The molecule has 22 heavy (non-hydrogen) atoms. The van der Waals surface area contributed by atoms with E-state index in [2.05, 4.69) is 34.9 Å². The van der Waals surface area contributed by atoms with Gasteiger partial charge in [0.2, 0.25) is 5.91 Å². The molecule has 3 nitrogen and oxygen atoms in total. The molecule has 2 N–H and O–H groups in total. The Morgan fingerprint density at radius 1 is 1.23 bits per heavy atom. The largest absolute Gasteiger partial charge is 0.354 e. The zero-order valence-corrected chi connectivity index (χ0v) is 13.2. The lowest BCUT2D eigenvalue weighted by Gasteiger charge is -2.27. The number of rotatable bonds is 4. The Hall–Kier alpha value is -1.35. The molecule has 3 aliphatic rings. The lowest BCUT2D eigenvalue weighted by molar-refractivity contribution is -0.122. The van der Waals surface area contributed by atoms with E-state index < -0.39 is 0 Å². The van der Waals surface area contributed by atoms with Crippen LogP contribution in [-0.4, -0.2) is 19.0 Å². The minimum Gasteiger partial charge on any atom is -0.354 e. The molecule has 2 aliphatic carbocycles. The lowest BCUT2D eigenvalue weighted by Crippen LogP contribution is -2.39. The summed E-state index contributed by atoms with van der Waals surface area (Å²) in [6.45, 7) is 1.72. The number of carbonyl (C=O) groups excluding carboxylic acids is 1. The van der Waals surface area contributed by atoms with E-state index in [4.69, 9.17) is 0 Å². The van der Waals surface area contributed by atoms with Crippen LogP contribution in [0, 0.1) is 17.8 Å². The lowest BCUT2D eigenvalue weighted by atomic mass is 9.86. The van der Waals surface area contributed by atoms with Crippen LogP contribution in [0.4, 0.5) is 0 Å². The fraction of sp³-hybridized carbons (Fsp3) is 0.632. The number of benzene rings is 1. The Kier molecular flexibility index (Phi) is 3.91. The zero-order chi connectivity index (χ0) is 14.9. The molecule has 1 heterocycles. The van der Waals surface area contributed by atoms with Crippen LogP contribution in [0.3, 0.4) is 0 Å². The third-order valence-corrected chi connectivity index (χ3v) is 6.05. The summed E-state index contributed by atoms with van der Waals surface area (Å²) in [4.78, 5) is 12.3. The molecule has 2 fully saturated rings. The molecule has 0 saturated heterocycles. The standard InChI is InChI=1S/C19H26N2O/c22-19(11-16-10-13-5-6-15(16)9-13)21-12-18-17-4-2-1-3-14(17)7-8-20-18/h1-4,13,15-16,18,20H,5-12H2,(H,21,22). The van der Waals surface area contributed by atoms with Gasteiger partial charge in [-0.3, -0.25) is 4.79 Å². The highest BCUT2D eigenvalue weighted by atomic mass is 16.1. The van der Waals surface area contributed by atoms with Gasteiger partial charge in [-0.15, -0.1) is 0 Å². The van der Waals surface area contributed by atoms with Gasteiger partial charge in [-0.1, -0.05) is 30.7 Å². The summed E-state index contributed by atoms with van der Waals surface area (Å²) in [5.74, 6) is 2.67. The summed E-state index contributed by atoms with van der Waals surface area (Å²) in [7, 11) is 0. The Labute approximate surface area is 132 Å². The predicted molar refractivity (Wildman–Crippen MR) is 87.5 cm³/mol. The zero-order valence-electron chi connectivity index (χ0n) is 13.2. The second kappa shape index (κ2) is 6.04. The monoisotopic (exact) mass is 298 g/mol. The number of hydrogen-bond donors (Lipinski definition) is 2. The summed E-state index contributed by atoms with van der Waals surface area (Å²) in [6, 6.07) is 8.87. The molecule has 4 unspecified atom stereocenters. The first kappa shape index (κ1) is 14.3. The van der Waals surface area contributed by atoms with Gasteiger partial charge >= 0.3 is 0 Å². The van der Waals surface area contributed by atoms with E-state index in [-0.39, 0.29) is 11.9 Å². The first-order chi connectivity index (χ1) is 10.8. The summed E-state index contributed by atoms with van der Waals surface area (Å²) in [6.07, 6.45) is 7.28. The quantitative estimate of drug-likeness (QED) is 0.897. The molecule has 0 aromatic heterocycles. The van der Waals surface area contributed by atoms with Crippen molar-refractivity contribution in [2.45, 2.75) is 44.6 Å². The molecular formula is C19H26N2O. The number of hydrogen-bond acceptors (Lipinski definition) is 2. The highest BCUT2D eigenvalue weighted by molar-refractivity contribution is 5.76. The summed E-state index contributed by atoms with van der Waals surface area (Å²) >= 11 is 0. The molecule has 4 rings (SSSR count). The van der Waals surface area contributed by atoms with E-state index in [1.807, 2.05) is 0 Å². The molecule has 1 aromatic rings. The van der Waals surface area contributed by atoms with Crippen molar-refractivity contribution in [3.8, 4) is 0 Å². The third kappa shape index (κ3) is 2.79. The molecule has 1 aliphatic heterocycles. The molecule has 2 bridgehead atoms. The van der Waals surface area contributed by atoms with Gasteiger partial charge in [0, 0.05) is 19.0 Å². The number of carbonyl (C=O) groups is 1. The van der Waals surface area contributed by atoms with E-state index in [1.54, 1.807) is 0 Å². The number of amides is 1. The second-order valence-corrected chi connectivity index (χ2v) is 7.40. The predicted octanol–water partition coefficient (Wildman–Crippen LogP) is 2.82. The fourth-order valence-corrected chi connectivity index (χ4v) is 4.93. The number of nitrogens with one attached hydrogen (secondary N) is 2. The topological polar surface area (TPSA) is 41.1 Å². The van der Waals surface area contributed by atoms with Crippen molar-refractivity contribution in [3.63, 3.8) is 0 Å². The molecular weight excluding hydrogens is 272 g/mol. The average Bonchev–Trinajstić information content (AvgIpc) is 3.15. The van der Waals surface area contributed by atoms with Crippen molar-refractivity contribution in [2.24, 2.45) is 17.8 Å². The minimum atomic E-state index is 0.252. The van der Waals surface area contributed by atoms with Gasteiger partial charge < -0.3 is 10.6 Å². The van der Waals surface area contributed by atoms with Crippen molar-refractivity contribution in [3.05, 3.63) is 35.4 Å². The molecule has 1 amide bonds. The Morgan fingerprint density at radius 2 is 2.14 bits per heavy atom. The Morgan fingerprint density at radius 3 is 2.95 bits per heavy atom. The first-order valence-electron chi connectivity index (χ1n) is 8.87. The molecule has 2 saturated carbocycles. The van der Waals surface area contributed by atoms with Gasteiger partial charge in [-0.2, -0.15) is 0 Å². The summed E-state index contributed by atoms with van der Waals surface area (Å²) in [5, 5.41) is 6.71. The van der Waals surface area contributed by atoms with Crippen LogP contribution < -0.4 is 10.6 Å².